The van der Waals surface area contributed by atoms with Crippen LogP contribution in [-0.2, 0) is 4.74 Å². The number of ether oxygens (including phenoxy) is 2. The van der Waals surface area contributed by atoms with Gasteiger partial charge >= 0.3 is 0 Å². The SMILES string of the molecule is COCC(c1cnccc1OC)C1CC2(C1)CN(c1cnc3ccccc3c1)C2. The Hall–Kier alpha value is -2.66. The van der Waals surface area contributed by atoms with Crippen LogP contribution in [0.2, 0.25) is 0 Å². The van der Waals surface area contributed by atoms with Crippen LogP contribution in [0.5, 0.6) is 5.75 Å². The normalized spacial score (nSPS) is 19.0. The molecule has 3 heterocycles. The average molecular weight is 389 g/mol. The van der Waals surface area contributed by atoms with E-state index >= 15 is 0 Å². The average Bonchev–Trinajstić information content (AvgIpc) is 2.70. The fourth-order valence-corrected chi connectivity index (χ4v) is 5.29. The molecule has 1 spiro atoms. The van der Waals surface area contributed by atoms with Crippen LogP contribution in [0.25, 0.3) is 10.9 Å². The van der Waals surface area contributed by atoms with Gasteiger partial charge in [0.25, 0.3) is 0 Å². The van der Waals surface area contributed by atoms with Crippen molar-refractivity contribution in [3.63, 3.8) is 0 Å². The van der Waals surface area contributed by atoms with Crippen LogP contribution < -0.4 is 9.64 Å². The van der Waals surface area contributed by atoms with Gasteiger partial charge in [0.15, 0.2) is 0 Å². The van der Waals surface area contributed by atoms with Crippen molar-refractivity contribution in [1.82, 2.24) is 9.97 Å². The Morgan fingerprint density at radius 2 is 1.97 bits per heavy atom. The molecule has 5 nitrogen and oxygen atoms in total. The smallest absolute Gasteiger partial charge is 0.125 e. The van der Waals surface area contributed by atoms with Gasteiger partial charge in [-0.2, -0.15) is 0 Å². The number of pyridine rings is 2. The molecule has 150 valence electrons. The van der Waals surface area contributed by atoms with Gasteiger partial charge in [-0.1, -0.05) is 18.2 Å². The van der Waals surface area contributed by atoms with Crippen LogP contribution in [0.3, 0.4) is 0 Å². The van der Waals surface area contributed by atoms with Crippen molar-refractivity contribution in [2.45, 2.75) is 18.8 Å². The molecular formula is C24H27N3O2. The molecule has 3 aromatic rings. The lowest BCUT2D eigenvalue weighted by molar-refractivity contribution is -0.00745. The van der Waals surface area contributed by atoms with Gasteiger partial charge in [0.2, 0.25) is 0 Å². The first-order valence-corrected chi connectivity index (χ1v) is 10.3. The number of benzene rings is 1. The third-order valence-electron chi connectivity index (χ3n) is 6.73. The van der Waals surface area contributed by atoms with Crippen molar-refractivity contribution in [3.8, 4) is 5.75 Å². The lowest BCUT2D eigenvalue weighted by Gasteiger charge is -2.61. The Morgan fingerprint density at radius 1 is 1.14 bits per heavy atom. The number of hydrogen-bond acceptors (Lipinski definition) is 5. The highest BCUT2D eigenvalue weighted by atomic mass is 16.5. The molecule has 2 fully saturated rings. The monoisotopic (exact) mass is 389 g/mol. The molecule has 0 bridgehead atoms. The molecule has 5 rings (SSSR count). The second-order valence-electron chi connectivity index (χ2n) is 8.59. The number of aromatic nitrogens is 2. The van der Waals surface area contributed by atoms with E-state index in [0.717, 1.165) is 24.4 Å². The zero-order valence-electron chi connectivity index (χ0n) is 17.0. The quantitative estimate of drug-likeness (QED) is 0.630. The Kier molecular flexibility index (Phi) is 4.63. The van der Waals surface area contributed by atoms with E-state index < -0.39 is 0 Å². The maximum Gasteiger partial charge on any atom is 0.125 e. The van der Waals surface area contributed by atoms with Crippen molar-refractivity contribution in [2.75, 3.05) is 38.8 Å². The summed E-state index contributed by atoms with van der Waals surface area (Å²) in [5.74, 6) is 1.87. The second kappa shape index (κ2) is 7.30. The molecule has 0 amide bonds. The van der Waals surface area contributed by atoms with E-state index in [1.165, 1.54) is 29.5 Å². The number of methoxy groups -OCH3 is 2. The summed E-state index contributed by atoms with van der Waals surface area (Å²) in [6.07, 6.45) is 8.21. The van der Waals surface area contributed by atoms with E-state index in [4.69, 9.17) is 9.47 Å². The van der Waals surface area contributed by atoms with Crippen molar-refractivity contribution in [1.29, 1.82) is 0 Å². The highest BCUT2D eigenvalue weighted by molar-refractivity contribution is 5.81. The minimum atomic E-state index is 0.339. The van der Waals surface area contributed by atoms with Crippen LogP contribution in [0.15, 0.2) is 55.0 Å². The van der Waals surface area contributed by atoms with Gasteiger partial charge in [0.1, 0.15) is 5.75 Å². The molecule has 1 aromatic carbocycles. The van der Waals surface area contributed by atoms with E-state index in [0.29, 0.717) is 23.9 Å². The Labute approximate surface area is 171 Å². The first-order valence-electron chi connectivity index (χ1n) is 10.3. The molecule has 1 saturated heterocycles. The van der Waals surface area contributed by atoms with Gasteiger partial charge in [0.05, 0.1) is 31.1 Å². The van der Waals surface area contributed by atoms with E-state index in [2.05, 4.69) is 39.1 Å². The molecule has 1 aliphatic carbocycles. The molecule has 0 radical (unpaired) electrons. The van der Waals surface area contributed by atoms with Crippen LogP contribution in [0.4, 0.5) is 5.69 Å². The van der Waals surface area contributed by atoms with Crippen LogP contribution in [-0.4, -0.2) is 43.9 Å². The van der Waals surface area contributed by atoms with Crippen molar-refractivity contribution in [2.24, 2.45) is 11.3 Å². The Bertz CT molecular complexity index is 1010. The van der Waals surface area contributed by atoms with Gasteiger partial charge in [-0.3, -0.25) is 9.97 Å². The Balaban J connectivity index is 1.26. The molecule has 1 atom stereocenters. The number of fused-ring (bicyclic) bond motifs is 1. The minimum absolute atomic E-state index is 0.339. The topological polar surface area (TPSA) is 47.5 Å². The second-order valence-corrected chi connectivity index (χ2v) is 8.59. The van der Waals surface area contributed by atoms with Crippen LogP contribution >= 0.6 is 0 Å². The third-order valence-corrected chi connectivity index (χ3v) is 6.73. The van der Waals surface area contributed by atoms with Crippen molar-refractivity contribution >= 4 is 16.6 Å². The predicted octanol–water partition coefficient (Wildman–Crippen LogP) is 4.29. The highest BCUT2D eigenvalue weighted by Gasteiger charge is 2.54. The molecule has 0 N–H and O–H groups in total. The highest BCUT2D eigenvalue weighted by Crippen LogP contribution is 2.57. The fourth-order valence-electron chi connectivity index (χ4n) is 5.29. The van der Waals surface area contributed by atoms with E-state index in [-0.39, 0.29) is 0 Å². The summed E-state index contributed by atoms with van der Waals surface area (Å²) in [5.41, 5.74) is 3.91. The third kappa shape index (κ3) is 3.23. The summed E-state index contributed by atoms with van der Waals surface area (Å²) in [5, 5.41) is 1.21. The minimum Gasteiger partial charge on any atom is -0.496 e. The van der Waals surface area contributed by atoms with Crippen LogP contribution in [0, 0.1) is 11.3 Å². The summed E-state index contributed by atoms with van der Waals surface area (Å²) in [4.78, 5) is 11.4. The summed E-state index contributed by atoms with van der Waals surface area (Å²) < 4.78 is 11.1. The van der Waals surface area contributed by atoms with Crippen LogP contribution in [0.1, 0.15) is 24.3 Å². The first kappa shape index (κ1) is 18.4. The van der Waals surface area contributed by atoms with Crippen molar-refractivity contribution in [3.05, 3.63) is 60.6 Å². The number of anilines is 1. The van der Waals surface area contributed by atoms with Gasteiger partial charge < -0.3 is 14.4 Å². The summed E-state index contributed by atoms with van der Waals surface area (Å²) in [6.45, 7) is 2.95. The summed E-state index contributed by atoms with van der Waals surface area (Å²) in [6, 6.07) is 12.5. The molecule has 2 aliphatic rings. The zero-order chi connectivity index (χ0) is 19.8. The zero-order valence-corrected chi connectivity index (χ0v) is 17.0. The molecular weight excluding hydrogens is 362 g/mol. The lowest BCUT2D eigenvalue weighted by atomic mass is 9.54. The standard InChI is InChI=1S/C24H27N3O2/c1-28-14-21(20-13-25-8-7-23(20)29-2)18-10-24(11-18)15-27(16-24)19-9-17-5-3-4-6-22(17)26-12-19/h3-9,12-13,18,21H,10-11,14-16H2,1-2H3. The fraction of sp³-hybridized carbons (Fsp3) is 0.417. The number of para-hydroxylation sites is 1. The first-order chi connectivity index (χ1) is 14.2. The van der Waals surface area contributed by atoms with Gasteiger partial charge in [-0.15, -0.1) is 0 Å². The van der Waals surface area contributed by atoms with Crippen molar-refractivity contribution < 1.29 is 9.47 Å². The summed E-state index contributed by atoms with van der Waals surface area (Å²) >= 11 is 0. The number of nitrogens with zero attached hydrogens (tertiary/aromatic N) is 3. The van der Waals surface area contributed by atoms with Gasteiger partial charge in [-0.25, -0.2) is 0 Å². The maximum atomic E-state index is 5.58. The molecule has 2 aromatic heterocycles. The molecule has 29 heavy (non-hydrogen) atoms. The summed E-state index contributed by atoms with van der Waals surface area (Å²) in [7, 11) is 3.51. The lowest BCUT2D eigenvalue weighted by Crippen LogP contribution is -2.63. The van der Waals surface area contributed by atoms with Gasteiger partial charge in [-0.05, 0) is 37.0 Å². The van der Waals surface area contributed by atoms with E-state index in [1.807, 2.05) is 24.5 Å². The molecule has 5 heteroatoms. The number of hydrogen-bond donors (Lipinski definition) is 0. The predicted molar refractivity (Wildman–Crippen MR) is 115 cm³/mol. The van der Waals surface area contributed by atoms with Gasteiger partial charge in [0, 0.05) is 54.9 Å². The molecule has 1 saturated carbocycles. The Morgan fingerprint density at radius 3 is 2.76 bits per heavy atom. The molecule has 1 unspecified atom stereocenters. The van der Waals surface area contributed by atoms with E-state index in [1.54, 1.807) is 20.4 Å². The molecule has 1 aliphatic heterocycles. The largest absolute Gasteiger partial charge is 0.496 e. The maximum absolute atomic E-state index is 5.58. The number of rotatable bonds is 6. The van der Waals surface area contributed by atoms with E-state index in [9.17, 15) is 0 Å².